The summed E-state index contributed by atoms with van der Waals surface area (Å²) in [5, 5.41) is 10.1. The Morgan fingerprint density at radius 1 is 1.12 bits per heavy atom. The molecule has 1 aliphatic heterocycles. The predicted molar refractivity (Wildman–Crippen MR) is 98.9 cm³/mol. The van der Waals surface area contributed by atoms with Gasteiger partial charge in [0.15, 0.2) is 0 Å². The first-order chi connectivity index (χ1) is 11.6. The molecule has 0 aliphatic carbocycles. The van der Waals surface area contributed by atoms with E-state index >= 15 is 0 Å². The van der Waals surface area contributed by atoms with E-state index in [0.717, 1.165) is 17.7 Å². The van der Waals surface area contributed by atoms with Crippen LogP contribution in [0, 0.1) is 5.92 Å². The van der Waals surface area contributed by atoms with Crippen LogP contribution in [0.5, 0.6) is 0 Å². The van der Waals surface area contributed by atoms with E-state index < -0.39 is 0 Å². The molecular formula is C18H17Cl2N3O. The molecule has 1 N–H and O–H groups in total. The lowest BCUT2D eigenvalue weighted by Gasteiger charge is -2.14. The fourth-order valence-electron chi connectivity index (χ4n) is 2.63. The predicted octanol–water partition coefficient (Wildman–Crippen LogP) is 5.27. The van der Waals surface area contributed by atoms with Crippen LogP contribution in [0.1, 0.15) is 18.9 Å². The summed E-state index contributed by atoms with van der Waals surface area (Å²) in [4.78, 5) is 12.4. The van der Waals surface area contributed by atoms with Crippen molar-refractivity contribution in [3.8, 4) is 0 Å². The van der Waals surface area contributed by atoms with Crippen molar-refractivity contribution in [1.29, 1.82) is 0 Å². The third kappa shape index (κ3) is 3.71. The SMILES string of the molecule is CCC1CN(C(=O)Nc2ccc(Cl)cc2)N=C1c1ccc(Cl)cc1. The lowest BCUT2D eigenvalue weighted by Crippen LogP contribution is -2.30. The van der Waals surface area contributed by atoms with Crippen LogP contribution in [0.3, 0.4) is 0 Å². The summed E-state index contributed by atoms with van der Waals surface area (Å²) in [6.45, 7) is 2.66. The first-order valence-electron chi connectivity index (χ1n) is 7.75. The highest BCUT2D eigenvalue weighted by atomic mass is 35.5. The fraction of sp³-hybridized carbons (Fsp3) is 0.222. The summed E-state index contributed by atoms with van der Waals surface area (Å²) < 4.78 is 0. The van der Waals surface area contributed by atoms with Crippen molar-refractivity contribution in [3.05, 3.63) is 64.1 Å². The van der Waals surface area contributed by atoms with Crippen molar-refractivity contribution >= 4 is 40.6 Å². The number of anilines is 1. The zero-order valence-electron chi connectivity index (χ0n) is 13.2. The molecule has 1 atom stereocenters. The van der Waals surface area contributed by atoms with Gasteiger partial charge >= 0.3 is 6.03 Å². The summed E-state index contributed by atoms with van der Waals surface area (Å²) in [6.07, 6.45) is 0.909. The van der Waals surface area contributed by atoms with Crippen molar-refractivity contribution < 1.29 is 4.79 Å². The van der Waals surface area contributed by atoms with E-state index in [1.54, 1.807) is 24.3 Å². The molecule has 0 saturated carbocycles. The first kappa shape index (κ1) is 16.8. The lowest BCUT2D eigenvalue weighted by molar-refractivity contribution is 0.215. The Morgan fingerprint density at radius 2 is 1.71 bits per heavy atom. The summed E-state index contributed by atoms with van der Waals surface area (Å²) in [5.41, 5.74) is 2.60. The molecule has 0 spiro atoms. The molecule has 2 aromatic carbocycles. The number of hydrogen-bond acceptors (Lipinski definition) is 2. The smallest absolute Gasteiger partial charge is 0.306 e. The minimum absolute atomic E-state index is 0.210. The van der Waals surface area contributed by atoms with Crippen LogP contribution in [0.25, 0.3) is 0 Å². The Kier molecular flexibility index (Phi) is 5.07. The van der Waals surface area contributed by atoms with Crippen molar-refractivity contribution in [2.45, 2.75) is 13.3 Å². The number of hydrogen-bond donors (Lipinski definition) is 1. The monoisotopic (exact) mass is 361 g/mol. The molecule has 1 aliphatic rings. The van der Waals surface area contributed by atoms with Crippen molar-refractivity contribution in [3.63, 3.8) is 0 Å². The Labute approximate surface area is 151 Å². The average molecular weight is 362 g/mol. The number of urea groups is 1. The topological polar surface area (TPSA) is 44.7 Å². The number of benzene rings is 2. The van der Waals surface area contributed by atoms with Crippen molar-refractivity contribution in [2.75, 3.05) is 11.9 Å². The third-order valence-corrected chi connectivity index (χ3v) is 4.48. The van der Waals surface area contributed by atoms with E-state index in [0.29, 0.717) is 22.3 Å². The minimum Gasteiger partial charge on any atom is -0.306 e. The van der Waals surface area contributed by atoms with Crippen LogP contribution in [0.2, 0.25) is 10.0 Å². The van der Waals surface area contributed by atoms with Crippen LogP contribution in [-0.2, 0) is 0 Å². The van der Waals surface area contributed by atoms with Crippen LogP contribution in [0.15, 0.2) is 53.6 Å². The Bertz CT molecular complexity index is 757. The highest BCUT2D eigenvalue weighted by molar-refractivity contribution is 6.31. The Hall–Kier alpha value is -2.04. The zero-order chi connectivity index (χ0) is 17.1. The molecule has 0 aromatic heterocycles. The van der Waals surface area contributed by atoms with Crippen LogP contribution in [0.4, 0.5) is 10.5 Å². The van der Waals surface area contributed by atoms with Gasteiger partial charge in [0.25, 0.3) is 0 Å². The van der Waals surface area contributed by atoms with E-state index in [1.807, 2.05) is 24.3 Å². The second kappa shape index (κ2) is 7.24. The van der Waals surface area contributed by atoms with E-state index in [4.69, 9.17) is 23.2 Å². The maximum absolute atomic E-state index is 12.4. The standard InChI is InChI=1S/C18H17Cl2N3O/c1-2-12-11-23(18(24)21-16-9-7-15(20)8-10-16)22-17(12)13-3-5-14(19)6-4-13/h3-10,12H,2,11H2,1H3,(H,21,24). The van der Waals surface area contributed by atoms with Gasteiger partial charge in [0.1, 0.15) is 0 Å². The molecule has 0 fully saturated rings. The summed E-state index contributed by atoms with van der Waals surface area (Å²) in [5.74, 6) is 0.210. The first-order valence-corrected chi connectivity index (χ1v) is 8.51. The van der Waals surface area contributed by atoms with Gasteiger partial charge in [0, 0.05) is 21.7 Å². The van der Waals surface area contributed by atoms with Crippen LogP contribution < -0.4 is 5.32 Å². The maximum atomic E-state index is 12.4. The third-order valence-electron chi connectivity index (χ3n) is 3.97. The number of carbonyl (C=O) groups excluding carboxylic acids is 1. The molecule has 124 valence electrons. The summed E-state index contributed by atoms with van der Waals surface area (Å²) in [7, 11) is 0. The molecule has 0 bridgehead atoms. The van der Waals surface area contributed by atoms with Gasteiger partial charge in [-0.3, -0.25) is 0 Å². The molecule has 1 unspecified atom stereocenters. The highest BCUT2D eigenvalue weighted by Crippen LogP contribution is 2.24. The number of nitrogens with one attached hydrogen (secondary N) is 1. The Morgan fingerprint density at radius 3 is 2.29 bits per heavy atom. The second-order valence-corrected chi connectivity index (χ2v) is 6.49. The van der Waals surface area contributed by atoms with Gasteiger partial charge in [-0.1, -0.05) is 42.3 Å². The normalized spacial score (nSPS) is 16.9. The average Bonchev–Trinajstić information content (AvgIpc) is 3.02. The van der Waals surface area contributed by atoms with E-state index in [-0.39, 0.29) is 11.9 Å². The number of carbonyl (C=O) groups is 1. The van der Waals surface area contributed by atoms with E-state index in [2.05, 4.69) is 17.3 Å². The zero-order valence-corrected chi connectivity index (χ0v) is 14.7. The fourth-order valence-corrected chi connectivity index (χ4v) is 2.89. The minimum atomic E-state index is -0.250. The summed E-state index contributed by atoms with van der Waals surface area (Å²) in [6, 6.07) is 14.3. The van der Waals surface area contributed by atoms with Gasteiger partial charge in [-0.15, -0.1) is 0 Å². The maximum Gasteiger partial charge on any atom is 0.342 e. The molecule has 3 rings (SSSR count). The highest BCUT2D eigenvalue weighted by Gasteiger charge is 2.29. The van der Waals surface area contributed by atoms with Gasteiger partial charge in [-0.05, 0) is 48.4 Å². The van der Waals surface area contributed by atoms with Gasteiger partial charge in [-0.25, -0.2) is 9.80 Å². The lowest BCUT2D eigenvalue weighted by atomic mass is 9.95. The Balaban J connectivity index is 1.77. The van der Waals surface area contributed by atoms with E-state index in [1.165, 1.54) is 5.01 Å². The number of nitrogens with zero attached hydrogens (tertiary/aromatic N) is 2. The number of hydrazone groups is 1. The number of halogens is 2. The van der Waals surface area contributed by atoms with Gasteiger partial charge < -0.3 is 5.32 Å². The largest absolute Gasteiger partial charge is 0.342 e. The van der Waals surface area contributed by atoms with E-state index in [9.17, 15) is 4.79 Å². The number of amides is 2. The second-order valence-electron chi connectivity index (χ2n) is 5.62. The van der Waals surface area contributed by atoms with Crippen LogP contribution in [-0.4, -0.2) is 23.3 Å². The van der Waals surface area contributed by atoms with Gasteiger partial charge in [0.2, 0.25) is 0 Å². The molecule has 24 heavy (non-hydrogen) atoms. The molecule has 6 heteroatoms. The molecular weight excluding hydrogens is 345 g/mol. The number of rotatable bonds is 3. The van der Waals surface area contributed by atoms with Crippen molar-refractivity contribution in [1.82, 2.24) is 5.01 Å². The molecule has 4 nitrogen and oxygen atoms in total. The van der Waals surface area contributed by atoms with Gasteiger partial charge in [0.05, 0.1) is 12.3 Å². The summed E-state index contributed by atoms with van der Waals surface area (Å²) >= 11 is 11.8. The quantitative estimate of drug-likeness (QED) is 0.794. The molecule has 2 aromatic rings. The van der Waals surface area contributed by atoms with Crippen molar-refractivity contribution in [2.24, 2.45) is 11.0 Å². The molecule has 0 saturated heterocycles. The van der Waals surface area contributed by atoms with Crippen LogP contribution >= 0.6 is 23.2 Å². The molecule has 2 amide bonds. The molecule has 1 heterocycles. The van der Waals surface area contributed by atoms with Gasteiger partial charge in [-0.2, -0.15) is 5.10 Å². The molecule has 0 radical (unpaired) electrons.